The van der Waals surface area contributed by atoms with Crippen LogP contribution in [0.2, 0.25) is 0 Å². The zero-order chi connectivity index (χ0) is 14.1. The highest BCUT2D eigenvalue weighted by Gasteiger charge is 2.45. The summed E-state index contributed by atoms with van der Waals surface area (Å²) in [5.74, 6) is 0. The van der Waals surface area contributed by atoms with Crippen LogP contribution in [0, 0.1) is 20.3 Å². The predicted molar refractivity (Wildman–Crippen MR) is 72.9 cm³/mol. The number of aryl methyl sites for hydroxylation is 1. The summed E-state index contributed by atoms with van der Waals surface area (Å²) >= 11 is 0. The summed E-state index contributed by atoms with van der Waals surface area (Å²) in [5, 5.41) is 0. The van der Waals surface area contributed by atoms with Gasteiger partial charge in [-0.3, -0.25) is 0 Å². The van der Waals surface area contributed by atoms with E-state index < -0.39 is 0 Å². The first-order chi connectivity index (χ1) is 9.18. The molecule has 1 fully saturated rings. The number of benzene rings is 1. The van der Waals surface area contributed by atoms with E-state index >= 15 is 0 Å². The van der Waals surface area contributed by atoms with Crippen molar-refractivity contribution >= 4 is 12.2 Å². The number of nitrogens with zero attached hydrogens (tertiary/aromatic N) is 2. The predicted octanol–water partition coefficient (Wildman–Crippen LogP) is 2.68. The molecule has 0 saturated heterocycles. The van der Waals surface area contributed by atoms with Crippen LogP contribution in [0.5, 0.6) is 0 Å². The quantitative estimate of drug-likeness (QED) is 0.614. The maximum absolute atomic E-state index is 10.2. The fraction of sp³-hybridized carbons (Fsp3) is 0.333. The van der Waals surface area contributed by atoms with Crippen LogP contribution >= 0.6 is 0 Å². The number of isocyanates is 2. The van der Waals surface area contributed by atoms with Crippen LogP contribution in [-0.2, 0) is 15.1 Å². The fourth-order valence-corrected chi connectivity index (χ4v) is 1.54. The first kappa shape index (κ1) is 15.0. The van der Waals surface area contributed by atoms with Gasteiger partial charge in [-0.15, -0.1) is 0 Å². The summed E-state index contributed by atoms with van der Waals surface area (Å²) in [7, 11) is 0. The fourth-order valence-electron chi connectivity index (χ4n) is 1.54. The number of aliphatic imine (C=N–C) groups is 2. The lowest BCUT2D eigenvalue weighted by Gasteiger charge is -2.07. The average Bonchev–Trinajstić information content (AvgIpc) is 3.19. The van der Waals surface area contributed by atoms with Crippen LogP contribution in [0.25, 0.3) is 0 Å². The Kier molecular flexibility index (Phi) is 5.87. The molecule has 0 aromatic heterocycles. The molecule has 0 spiro atoms. The Hall–Kier alpha value is -2.02. The molecule has 1 saturated carbocycles. The largest absolute Gasteiger partial charge is 0.235 e. The summed E-state index contributed by atoms with van der Waals surface area (Å²) < 4.78 is 0. The Bertz CT molecular complexity index is 491. The molecule has 0 amide bonds. The highest BCUT2D eigenvalue weighted by atomic mass is 16.1. The van der Waals surface area contributed by atoms with Crippen molar-refractivity contribution < 1.29 is 9.59 Å². The third-order valence-corrected chi connectivity index (χ3v) is 2.72. The molecule has 1 aliphatic carbocycles. The Morgan fingerprint density at radius 2 is 1.89 bits per heavy atom. The Morgan fingerprint density at radius 3 is 2.26 bits per heavy atom. The summed E-state index contributed by atoms with van der Waals surface area (Å²) in [4.78, 5) is 26.5. The van der Waals surface area contributed by atoms with Gasteiger partial charge in [0.05, 0.1) is 6.54 Å². The van der Waals surface area contributed by atoms with Crippen LogP contribution in [-0.4, -0.2) is 18.7 Å². The maximum atomic E-state index is 10.2. The third kappa shape index (κ3) is 4.63. The van der Waals surface area contributed by atoms with Crippen LogP contribution < -0.4 is 0 Å². The molecule has 1 aromatic carbocycles. The second-order valence-electron chi connectivity index (χ2n) is 4.23. The van der Waals surface area contributed by atoms with Crippen molar-refractivity contribution in [3.8, 4) is 0 Å². The van der Waals surface area contributed by atoms with Gasteiger partial charge in [-0.05, 0) is 31.7 Å². The van der Waals surface area contributed by atoms with Gasteiger partial charge in [-0.2, -0.15) is 4.99 Å². The molecule has 0 heterocycles. The molecule has 4 heteroatoms. The summed E-state index contributed by atoms with van der Waals surface area (Å²) in [6.45, 7) is 5.99. The third-order valence-electron chi connectivity index (χ3n) is 2.72. The van der Waals surface area contributed by atoms with Crippen molar-refractivity contribution in [2.24, 2.45) is 9.98 Å². The maximum Gasteiger partial charge on any atom is 0.235 e. The first-order valence-corrected chi connectivity index (χ1v) is 6.02. The van der Waals surface area contributed by atoms with Crippen molar-refractivity contribution in [1.29, 1.82) is 0 Å². The number of hydrogen-bond acceptors (Lipinski definition) is 4. The van der Waals surface area contributed by atoms with Crippen molar-refractivity contribution in [3.05, 3.63) is 48.7 Å². The van der Waals surface area contributed by atoms with Gasteiger partial charge in [0.15, 0.2) is 0 Å². The standard InChI is InChI=1S/C11H10NO.C4H6NO/c1-9-2-4-10(5-3-9)11(6-7-11)12-8-13;1-2-3-5-4-6/h2-6H,7H2,1H3;1-3H2. The molecular formula is C15H16N2O2. The second kappa shape index (κ2) is 7.42. The Balaban J connectivity index is 0.000000258. The molecule has 1 unspecified atom stereocenters. The molecule has 2 rings (SSSR count). The Morgan fingerprint density at radius 1 is 1.26 bits per heavy atom. The van der Waals surface area contributed by atoms with Crippen LogP contribution in [0.4, 0.5) is 0 Å². The summed E-state index contributed by atoms with van der Waals surface area (Å²) in [6, 6.07) is 8.09. The molecule has 1 aliphatic rings. The summed E-state index contributed by atoms with van der Waals surface area (Å²) in [6.07, 6.45) is 6.58. The minimum absolute atomic E-state index is 0.338. The summed E-state index contributed by atoms with van der Waals surface area (Å²) in [5.41, 5.74) is 1.96. The van der Waals surface area contributed by atoms with E-state index in [0.29, 0.717) is 13.0 Å². The van der Waals surface area contributed by atoms with Crippen molar-refractivity contribution in [1.82, 2.24) is 0 Å². The molecule has 2 radical (unpaired) electrons. The highest BCUT2D eigenvalue weighted by Crippen LogP contribution is 2.47. The minimum Gasteiger partial charge on any atom is -0.211 e. The van der Waals surface area contributed by atoms with E-state index in [1.807, 2.05) is 37.6 Å². The molecule has 0 N–H and O–H groups in total. The van der Waals surface area contributed by atoms with Crippen LogP contribution in [0.3, 0.4) is 0 Å². The lowest BCUT2D eigenvalue weighted by Crippen LogP contribution is -2.01. The molecule has 1 atom stereocenters. The van der Waals surface area contributed by atoms with E-state index in [4.69, 9.17) is 0 Å². The highest BCUT2D eigenvalue weighted by molar-refractivity contribution is 5.45. The molecule has 1 aromatic rings. The van der Waals surface area contributed by atoms with E-state index in [2.05, 4.69) is 16.9 Å². The molecule has 0 bridgehead atoms. The SMILES string of the molecule is Cc1ccc(C2(N=C=O)[CH]C2)cc1.[CH2]CCN=C=O. The topological polar surface area (TPSA) is 58.9 Å². The van der Waals surface area contributed by atoms with Gasteiger partial charge >= 0.3 is 0 Å². The molecule has 19 heavy (non-hydrogen) atoms. The lowest BCUT2D eigenvalue weighted by atomic mass is 10.0. The minimum atomic E-state index is -0.338. The van der Waals surface area contributed by atoms with Gasteiger partial charge < -0.3 is 0 Å². The molecule has 4 nitrogen and oxygen atoms in total. The van der Waals surface area contributed by atoms with Gasteiger partial charge in [-0.25, -0.2) is 14.6 Å². The molecule has 98 valence electrons. The van der Waals surface area contributed by atoms with Gasteiger partial charge in [0.2, 0.25) is 12.2 Å². The first-order valence-electron chi connectivity index (χ1n) is 6.02. The van der Waals surface area contributed by atoms with E-state index in [-0.39, 0.29) is 5.54 Å². The van der Waals surface area contributed by atoms with Gasteiger partial charge in [0.1, 0.15) is 5.54 Å². The van der Waals surface area contributed by atoms with Crippen molar-refractivity contribution in [3.63, 3.8) is 0 Å². The van der Waals surface area contributed by atoms with E-state index in [0.717, 1.165) is 12.0 Å². The normalized spacial score (nSPS) is 14.2. The zero-order valence-corrected chi connectivity index (χ0v) is 10.9. The van der Waals surface area contributed by atoms with Gasteiger partial charge in [-0.1, -0.05) is 36.8 Å². The van der Waals surface area contributed by atoms with E-state index in [1.54, 1.807) is 6.08 Å². The van der Waals surface area contributed by atoms with Crippen LogP contribution in [0.15, 0.2) is 34.3 Å². The Labute approximate surface area is 113 Å². The van der Waals surface area contributed by atoms with E-state index in [9.17, 15) is 9.59 Å². The smallest absolute Gasteiger partial charge is 0.211 e. The molecule has 0 aliphatic heterocycles. The lowest BCUT2D eigenvalue weighted by molar-refractivity contribution is 0.557. The number of carbonyl (C=O) groups excluding carboxylic acids is 2. The molecular weight excluding hydrogens is 240 g/mol. The number of rotatable bonds is 4. The van der Waals surface area contributed by atoms with Gasteiger partial charge in [0, 0.05) is 0 Å². The van der Waals surface area contributed by atoms with E-state index in [1.165, 1.54) is 11.6 Å². The van der Waals surface area contributed by atoms with Crippen molar-refractivity contribution in [2.75, 3.05) is 6.54 Å². The number of hydrogen-bond donors (Lipinski definition) is 0. The second-order valence-corrected chi connectivity index (χ2v) is 4.23. The van der Waals surface area contributed by atoms with Crippen LogP contribution in [0.1, 0.15) is 24.0 Å². The van der Waals surface area contributed by atoms with Gasteiger partial charge in [0.25, 0.3) is 0 Å². The monoisotopic (exact) mass is 256 g/mol. The zero-order valence-electron chi connectivity index (χ0n) is 10.9. The van der Waals surface area contributed by atoms with Crippen molar-refractivity contribution in [2.45, 2.75) is 25.3 Å². The average molecular weight is 256 g/mol.